The van der Waals surface area contributed by atoms with Gasteiger partial charge in [-0.15, -0.1) is 10.2 Å². The lowest BCUT2D eigenvalue weighted by molar-refractivity contribution is -0.119. The number of unbranched alkanes of at least 4 members (excludes halogenated alkanes) is 14. The van der Waals surface area contributed by atoms with E-state index in [0.29, 0.717) is 34.5 Å². The van der Waals surface area contributed by atoms with E-state index in [0.717, 1.165) is 95.0 Å². The van der Waals surface area contributed by atoms with Crippen molar-refractivity contribution in [3.8, 4) is 22.6 Å². The van der Waals surface area contributed by atoms with Gasteiger partial charge in [-0.05, 0) is 88.1 Å². The van der Waals surface area contributed by atoms with Crippen molar-refractivity contribution < 1.29 is 22.5 Å². The molecule has 0 saturated heterocycles. The second-order valence-electron chi connectivity index (χ2n) is 16.7. The lowest BCUT2D eigenvalue weighted by Gasteiger charge is -2.14. The molecule has 3 heterocycles. The van der Waals surface area contributed by atoms with Crippen molar-refractivity contribution in [1.29, 1.82) is 0 Å². The number of nitrogens with one attached hydrogen (secondary N) is 1. The fourth-order valence-electron chi connectivity index (χ4n) is 8.46. The predicted molar refractivity (Wildman–Crippen MR) is 247 cm³/mol. The van der Waals surface area contributed by atoms with Crippen LogP contribution in [-0.4, -0.2) is 53.5 Å². The average molecular weight is 884 g/mol. The summed E-state index contributed by atoms with van der Waals surface area (Å²) in [4.78, 5) is 18.9. The number of aliphatic imine (C=N–C) groups is 1. The molecule has 0 amide bonds. The number of rotatable bonds is 25. The largest absolute Gasteiger partial charge is 0.497 e. The normalized spacial score (nSPS) is 13.7. The number of carbonyl (C=O) groups excluding carboxylic acids is 1. The number of aryl methyl sites for hydroxylation is 4. The third-order valence-corrected chi connectivity index (χ3v) is 13.8. The maximum absolute atomic E-state index is 13.4. The Morgan fingerprint density at radius 3 is 2.00 bits per heavy atom. The number of carbonyl (C=O) groups is 1. The summed E-state index contributed by atoms with van der Waals surface area (Å²) in [5, 5.41) is 13.6. The minimum absolute atomic E-state index is 0.191. The zero-order valence-corrected chi connectivity index (χ0v) is 38.7. The maximum Gasteiger partial charge on any atom is 0.240 e. The topological polar surface area (TPSA) is 142 Å². The third kappa shape index (κ3) is 12.3. The molecule has 62 heavy (non-hydrogen) atoms. The Kier molecular flexibility index (Phi) is 17.1. The van der Waals surface area contributed by atoms with Crippen LogP contribution in [0.25, 0.3) is 16.8 Å². The Balaban J connectivity index is 0.810. The van der Waals surface area contributed by atoms with Crippen molar-refractivity contribution in [2.45, 2.75) is 148 Å². The molecular formula is C49H63ClN6O5S. The van der Waals surface area contributed by atoms with Crippen LogP contribution in [0.2, 0.25) is 5.02 Å². The number of sulfonamides is 1. The van der Waals surface area contributed by atoms with Crippen molar-refractivity contribution >= 4 is 33.1 Å². The minimum atomic E-state index is -3.61. The fraction of sp³-hybridized carbons (Fsp3) is 0.490. The molecule has 332 valence electrons. The van der Waals surface area contributed by atoms with E-state index >= 15 is 0 Å². The molecule has 6 rings (SSSR count). The fourth-order valence-corrected chi connectivity index (χ4v) is 9.93. The minimum Gasteiger partial charge on any atom is -0.497 e. The molecule has 1 aliphatic heterocycles. The van der Waals surface area contributed by atoms with Crippen LogP contribution < -0.4 is 9.46 Å². The van der Waals surface area contributed by atoms with E-state index < -0.39 is 16.1 Å². The molecule has 5 aromatic rings. The molecule has 2 aromatic heterocycles. The van der Waals surface area contributed by atoms with Gasteiger partial charge in [0.05, 0.1) is 29.1 Å². The number of hydrogen-bond donors (Lipinski definition) is 1. The first-order chi connectivity index (χ1) is 30.0. The van der Waals surface area contributed by atoms with Gasteiger partial charge < -0.3 is 9.26 Å². The monoisotopic (exact) mass is 882 g/mol. The van der Waals surface area contributed by atoms with Crippen LogP contribution >= 0.6 is 11.6 Å². The summed E-state index contributed by atoms with van der Waals surface area (Å²) in [5.74, 6) is 3.00. The van der Waals surface area contributed by atoms with Gasteiger partial charge >= 0.3 is 0 Å². The molecule has 0 saturated carbocycles. The standard InChI is InChI=1S/C49H63ClN6O5S/c1-34-22-23-39(47-35(2)55-61-36(47)3)31-46(34)62(58,59)51-30-20-18-16-14-12-10-8-6-7-9-11-13-15-17-19-21-41(57)32-44-49-54-53-37(4)56(49)45-29-28-42(60-5)33-43(45)48(52-44)38-24-26-40(50)27-25-38/h22-29,31,33,44,51H,6-21,30,32H2,1-5H3/t44-/m0/s1. The number of methoxy groups -OCH3 is 1. The van der Waals surface area contributed by atoms with Crippen LogP contribution in [0.3, 0.4) is 0 Å². The summed E-state index contributed by atoms with van der Waals surface area (Å²) in [6, 6.07) is 18.5. The predicted octanol–water partition coefficient (Wildman–Crippen LogP) is 11.9. The molecule has 0 unspecified atom stereocenters. The molecule has 11 nitrogen and oxygen atoms in total. The molecule has 1 atom stereocenters. The van der Waals surface area contributed by atoms with E-state index in [2.05, 4.69) is 20.1 Å². The number of ether oxygens (including phenoxy) is 1. The summed E-state index contributed by atoms with van der Waals surface area (Å²) >= 11 is 6.24. The number of nitrogens with zero attached hydrogens (tertiary/aromatic N) is 5. The SMILES string of the molecule is COc1ccc2c(c1)C(c1ccc(Cl)cc1)=N[C@@H](CC(=O)CCCCCCCCCCCCCCCCCNS(=O)(=O)c1cc(-c3c(C)noc3C)ccc1C)c1nnc(C)n1-2. The highest BCUT2D eigenvalue weighted by atomic mass is 35.5. The van der Waals surface area contributed by atoms with E-state index in [1.165, 1.54) is 57.8 Å². The quantitative estimate of drug-likeness (QED) is 0.0571. The van der Waals surface area contributed by atoms with E-state index in [4.69, 9.17) is 25.9 Å². The second kappa shape index (κ2) is 22.6. The lowest BCUT2D eigenvalue weighted by Crippen LogP contribution is -2.25. The molecule has 0 spiro atoms. The Morgan fingerprint density at radius 1 is 0.774 bits per heavy atom. The highest BCUT2D eigenvalue weighted by Gasteiger charge is 2.30. The van der Waals surface area contributed by atoms with Gasteiger partial charge in [0.15, 0.2) is 5.82 Å². The zero-order valence-electron chi connectivity index (χ0n) is 37.1. The molecule has 0 bridgehead atoms. The Morgan fingerprint density at radius 2 is 1.39 bits per heavy atom. The number of ketones is 1. The number of fused-ring (bicyclic) bond motifs is 3. The highest BCUT2D eigenvalue weighted by molar-refractivity contribution is 7.89. The average Bonchev–Trinajstić information content (AvgIpc) is 3.77. The van der Waals surface area contributed by atoms with E-state index in [1.807, 2.05) is 86.9 Å². The van der Waals surface area contributed by atoms with Gasteiger partial charge in [0, 0.05) is 41.1 Å². The van der Waals surface area contributed by atoms with Crippen LogP contribution in [0.5, 0.6) is 5.75 Å². The number of Topliss-reactive ketones (excluding diaryl/α,β-unsaturated/α-hetero) is 1. The molecule has 1 aliphatic rings. The molecule has 1 N–H and O–H groups in total. The van der Waals surface area contributed by atoms with Gasteiger partial charge in [0.25, 0.3) is 0 Å². The molecule has 13 heteroatoms. The Hall–Kier alpha value is -4.65. The summed E-state index contributed by atoms with van der Waals surface area (Å²) < 4.78 is 42.0. The van der Waals surface area contributed by atoms with Gasteiger partial charge in [-0.25, -0.2) is 13.1 Å². The van der Waals surface area contributed by atoms with Crippen LogP contribution in [0.4, 0.5) is 0 Å². The number of hydrogen-bond acceptors (Lipinski definition) is 9. The third-order valence-electron chi connectivity index (χ3n) is 11.9. The van der Waals surface area contributed by atoms with Crippen molar-refractivity contribution in [2.24, 2.45) is 4.99 Å². The van der Waals surface area contributed by atoms with Gasteiger partial charge in [-0.3, -0.25) is 14.4 Å². The molecular weight excluding hydrogens is 820 g/mol. The number of halogens is 1. The maximum atomic E-state index is 13.4. The van der Waals surface area contributed by atoms with Crippen molar-refractivity contribution in [3.05, 3.63) is 105 Å². The smallest absolute Gasteiger partial charge is 0.240 e. The van der Waals surface area contributed by atoms with Crippen LogP contribution in [-0.2, 0) is 14.8 Å². The van der Waals surface area contributed by atoms with Crippen LogP contribution in [0.1, 0.15) is 155 Å². The van der Waals surface area contributed by atoms with Crippen LogP contribution in [0, 0.1) is 27.7 Å². The lowest BCUT2D eigenvalue weighted by atomic mass is 9.99. The molecule has 3 aromatic carbocycles. The van der Waals surface area contributed by atoms with Crippen molar-refractivity contribution in [3.63, 3.8) is 0 Å². The summed E-state index contributed by atoms with van der Waals surface area (Å²) in [6.07, 6.45) is 18.1. The Labute approximate surface area is 373 Å². The second-order valence-corrected chi connectivity index (χ2v) is 18.9. The van der Waals surface area contributed by atoms with E-state index in [-0.39, 0.29) is 12.2 Å². The van der Waals surface area contributed by atoms with Gasteiger partial charge in [0.1, 0.15) is 29.2 Å². The number of aromatic nitrogens is 4. The van der Waals surface area contributed by atoms with Crippen LogP contribution in [0.15, 0.2) is 75.1 Å². The molecule has 0 radical (unpaired) electrons. The first-order valence-electron chi connectivity index (χ1n) is 22.5. The van der Waals surface area contributed by atoms with Gasteiger partial charge in [-0.1, -0.05) is 124 Å². The number of benzene rings is 3. The summed E-state index contributed by atoms with van der Waals surface area (Å²) in [7, 11) is -1.96. The molecule has 0 aliphatic carbocycles. The van der Waals surface area contributed by atoms with E-state index in [9.17, 15) is 13.2 Å². The first kappa shape index (κ1) is 46.8. The first-order valence-corrected chi connectivity index (χ1v) is 24.3. The summed E-state index contributed by atoms with van der Waals surface area (Å²) in [6.45, 7) is 7.89. The van der Waals surface area contributed by atoms with Crippen molar-refractivity contribution in [1.82, 2.24) is 24.6 Å². The zero-order chi connectivity index (χ0) is 44.1. The van der Waals surface area contributed by atoms with Crippen molar-refractivity contribution in [2.75, 3.05) is 13.7 Å². The Bertz CT molecular complexity index is 2390. The van der Waals surface area contributed by atoms with E-state index in [1.54, 1.807) is 13.2 Å². The highest BCUT2D eigenvalue weighted by Crippen LogP contribution is 2.35. The summed E-state index contributed by atoms with van der Waals surface area (Å²) in [5.41, 5.74) is 6.58. The molecule has 0 fully saturated rings. The van der Waals surface area contributed by atoms with Gasteiger partial charge in [0.2, 0.25) is 10.0 Å². The van der Waals surface area contributed by atoms with Gasteiger partial charge in [-0.2, -0.15) is 0 Å².